The molecule has 1 saturated heterocycles. The fourth-order valence-corrected chi connectivity index (χ4v) is 0.909. The molecule has 45 valence electrons. The van der Waals surface area contributed by atoms with Crippen LogP contribution in [0.1, 0.15) is 19.3 Å². The fraction of sp³-hybridized carbons (Fsp3) is 0.833. The van der Waals surface area contributed by atoms with Crippen LogP contribution in [0, 0.1) is 6.54 Å². The van der Waals surface area contributed by atoms with Crippen molar-refractivity contribution >= 4 is 0 Å². The normalized spacial score (nSPS) is 22.1. The summed E-state index contributed by atoms with van der Waals surface area (Å²) in [5, 5.41) is 0. The second-order valence-corrected chi connectivity index (χ2v) is 2.16. The maximum atomic E-state index is 2.27. The molecule has 0 aromatic rings. The standard InChI is InChI=1S/C6H12N.Y/c1-7-5-3-2-4-6-7;/h5H,2-4,6H2,1H3;/q-1;. The molecule has 8 heavy (non-hydrogen) atoms. The number of hydrogen-bond donors (Lipinski definition) is 0. The molecule has 1 nitrogen and oxygen atoms in total. The van der Waals surface area contributed by atoms with Crippen molar-refractivity contribution in [3.05, 3.63) is 6.54 Å². The van der Waals surface area contributed by atoms with Crippen molar-refractivity contribution in [1.29, 1.82) is 0 Å². The van der Waals surface area contributed by atoms with Crippen LogP contribution in [0.2, 0.25) is 0 Å². The van der Waals surface area contributed by atoms with Gasteiger partial charge in [0.25, 0.3) is 0 Å². The van der Waals surface area contributed by atoms with Crippen LogP contribution in [-0.2, 0) is 32.7 Å². The van der Waals surface area contributed by atoms with Gasteiger partial charge in [-0.1, -0.05) is 6.42 Å². The van der Waals surface area contributed by atoms with E-state index in [2.05, 4.69) is 18.5 Å². The predicted molar refractivity (Wildman–Crippen MR) is 30.8 cm³/mol. The van der Waals surface area contributed by atoms with Crippen LogP contribution in [0.15, 0.2) is 0 Å². The first-order valence-electron chi connectivity index (χ1n) is 2.93. The molecule has 0 aromatic heterocycles. The van der Waals surface area contributed by atoms with E-state index in [0.717, 1.165) is 0 Å². The minimum atomic E-state index is 0. The molecule has 0 unspecified atom stereocenters. The van der Waals surface area contributed by atoms with Gasteiger partial charge in [0.15, 0.2) is 0 Å². The Morgan fingerprint density at radius 3 is 2.38 bits per heavy atom. The van der Waals surface area contributed by atoms with Gasteiger partial charge in [-0.15, -0.1) is 0 Å². The van der Waals surface area contributed by atoms with E-state index in [0.29, 0.717) is 0 Å². The number of hydrogen-bond acceptors (Lipinski definition) is 1. The van der Waals surface area contributed by atoms with Crippen molar-refractivity contribution in [2.45, 2.75) is 19.3 Å². The molecule has 1 heterocycles. The fourth-order valence-electron chi connectivity index (χ4n) is 0.909. The number of rotatable bonds is 0. The summed E-state index contributed by atoms with van der Waals surface area (Å²) in [7, 11) is 2.14. The van der Waals surface area contributed by atoms with Gasteiger partial charge < -0.3 is 4.90 Å². The van der Waals surface area contributed by atoms with Crippen LogP contribution in [-0.4, -0.2) is 18.5 Å². The molecule has 0 saturated carbocycles. The van der Waals surface area contributed by atoms with E-state index in [-0.39, 0.29) is 32.7 Å². The van der Waals surface area contributed by atoms with E-state index in [1.54, 1.807) is 0 Å². The van der Waals surface area contributed by atoms with Gasteiger partial charge in [-0.3, -0.25) is 6.54 Å². The van der Waals surface area contributed by atoms with Crippen molar-refractivity contribution in [3.63, 3.8) is 0 Å². The molecule has 0 spiro atoms. The molecular formula is C6H12NY-. The van der Waals surface area contributed by atoms with Crippen molar-refractivity contribution in [2.24, 2.45) is 0 Å². The summed E-state index contributed by atoms with van der Waals surface area (Å²) in [5.41, 5.74) is 0. The molecule has 0 bridgehead atoms. The third-order valence-electron chi connectivity index (χ3n) is 1.41. The molecule has 1 radical (unpaired) electrons. The van der Waals surface area contributed by atoms with Crippen LogP contribution >= 0.6 is 0 Å². The van der Waals surface area contributed by atoms with Crippen LogP contribution in [0.25, 0.3) is 0 Å². The summed E-state index contributed by atoms with van der Waals surface area (Å²) < 4.78 is 0. The molecule has 0 atom stereocenters. The summed E-state index contributed by atoms with van der Waals surface area (Å²) in [6.45, 7) is 3.53. The van der Waals surface area contributed by atoms with Gasteiger partial charge in [-0.05, 0) is 20.0 Å². The Kier molecular flexibility index (Phi) is 5.55. The monoisotopic (exact) mass is 187 g/mol. The summed E-state index contributed by atoms with van der Waals surface area (Å²) in [6, 6.07) is 0. The quantitative estimate of drug-likeness (QED) is 0.516. The van der Waals surface area contributed by atoms with Gasteiger partial charge >= 0.3 is 0 Å². The third-order valence-corrected chi connectivity index (χ3v) is 1.41. The summed E-state index contributed by atoms with van der Waals surface area (Å²) in [5.74, 6) is 0. The van der Waals surface area contributed by atoms with Gasteiger partial charge in [-0.2, -0.15) is 6.42 Å². The Balaban J connectivity index is 0.000000490. The molecule has 0 aliphatic carbocycles. The van der Waals surface area contributed by atoms with Crippen LogP contribution in [0.5, 0.6) is 0 Å². The average molecular weight is 187 g/mol. The largest absolute Gasteiger partial charge is 0.459 e. The number of likely N-dealkylation sites (tertiary alicyclic amines) is 1. The van der Waals surface area contributed by atoms with Gasteiger partial charge in [0.05, 0.1) is 0 Å². The molecule has 0 aromatic carbocycles. The zero-order chi connectivity index (χ0) is 5.11. The first-order valence-corrected chi connectivity index (χ1v) is 2.93. The molecule has 0 amide bonds. The summed E-state index contributed by atoms with van der Waals surface area (Å²) in [6.07, 6.45) is 4.06. The molecule has 0 N–H and O–H groups in total. The van der Waals surface area contributed by atoms with Gasteiger partial charge in [0.2, 0.25) is 0 Å². The molecule has 1 aliphatic rings. The Labute approximate surface area is 76.7 Å². The Hall–Kier alpha value is 1.06. The van der Waals surface area contributed by atoms with E-state index in [9.17, 15) is 0 Å². The molecular weight excluding hydrogens is 175 g/mol. The minimum Gasteiger partial charge on any atom is -0.459 e. The molecule has 1 fully saturated rings. The van der Waals surface area contributed by atoms with Gasteiger partial charge in [0, 0.05) is 32.7 Å². The van der Waals surface area contributed by atoms with E-state index >= 15 is 0 Å². The first kappa shape index (κ1) is 9.06. The van der Waals surface area contributed by atoms with Crippen molar-refractivity contribution in [1.82, 2.24) is 4.90 Å². The molecule has 2 heteroatoms. The van der Waals surface area contributed by atoms with Crippen molar-refractivity contribution in [3.8, 4) is 0 Å². The number of nitrogens with zero attached hydrogens (tertiary/aromatic N) is 1. The molecule has 1 rings (SSSR count). The minimum absolute atomic E-state index is 0. The van der Waals surface area contributed by atoms with Crippen molar-refractivity contribution < 1.29 is 32.7 Å². The van der Waals surface area contributed by atoms with Crippen LogP contribution in [0.4, 0.5) is 0 Å². The van der Waals surface area contributed by atoms with Crippen LogP contribution in [0.3, 0.4) is 0 Å². The topological polar surface area (TPSA) is 3.24 Å². The van der Waals surface area contributed by atoms with E-state index in [1.165, 1.54) is 25.8 Å². The maximum absolute atomic E-state index is 2.27. The second-order valence-electron chi connectivity index (χ2n) is 2.16. The zero-order valence-corrected chi connectivity index (χ0v) is 8.27. The number of piperidine rings is 1. The van der Waals surface area contributed by atoms with E-state index in [4.69, 9.17) is 0 Å². The average Bonchev–Trinajstić information content (AvgIpc) is 1.69. The van der Waals surface area contributed by atoms with Crippen LogP contribution < -0.4 is 0 Å². The smallest absolute Gasteiger partial charge is 0 e. The first-order chi connectivity index (χ1) is 3.39. The Morgan fingerprint density at radius 2 is 2.12 bits per heavy atom. The van der Waals surface area contributed by atoms with Gasteiger partial charge in [-0.25, -0.2) is 0 Å². The Bertz CT molecular complexity index is 50.5. The van der Waals surface area contributed by atoms with E-state index in [1.807, 2.05) is 0 Å². The SMILES string of the molecule is CN1[CH-]CCCC1.[Y]. The van der Waals surface area contributed by atoms with Gasteiger partial charge in [0.1, 0.15) is 0 Å². The zero-order valence-electron chi connectivity index (χ0n) is 5.43. The third kappa shape index (κ3) is 3.16. The predicted octanol–water partition coefficient (Wildman–Crippen LogP) is 1.26. The maximum Gasteiger partial charge on any atom is 0 e. The summed E-state index contributed by atoms with van der Waals surface area (Å²) >= 11 is 0. The van der Waals surface area contributed by atoms with E-state index < -0.39 is 0 Å². The summed E-state index contributed by atoms with van der Waals surface area (Å²) in [4.78, 5) is 2.27. The second kappa shape index (κ2) is 4.90. The Morgan fingerprint density at radius 1 is 1.38 bits per heavy atom. The van der Waals surface area contributed by atoms with Crippen molar-refractivity contribution in [2.75, 3.05) is 13.6 Å². The molecule has 1 aliphatic heterocycles.